The van der Waals surface area contributed by atoms with Crippen molar-refractivity contribution >= 4 is 40.6 Å². The van der Waals surface area contributed by atoms with Gasteiger partial charge < -0.3 is 15.0 Å². The van der Waals surface area contributed by atoms with Gasteiger partial charge in [0.15, 0.2) is 0 Å². The molecular weight excluding hydrogens is 427 g/mol. The number of carbonyl (C=O) groups is 1. The van der Waals surface area contributed by atoms with Gasteiger partial charge in [-0.3, -0.25) is 4.79 Å². The second kappa shape index (κ2) is 8.43. The van der Waals surface area contributed by atoms with Crippen LogP contribution in [0.2, 0.25) is 0 Å². The lowest BCUT2D eigenvalue weighted by molar-refractivity contribution is -0.133. The van der Waals surface area contributed by atoms with Gasteiger partial charge in [-0.1, -0.05) is 6.07 Å². The Labute approximate surface area is 181 Å². The molecule has 31 heavy (non-hydrogen) atoms. The fourth-order valence-corrected chi connectivity index (χ4v) is 3.94. The predicted octanol–water partition coefficient (Wildman–Crippen LogP) is 5.36. The lowest BCUT2D eigenvalue weighted by atomic mass is 9.98. The molecule has 2 aromatic heterocycles. The van der Waals surface area contributed by atoms with Crippen LogP contribution in [-0.2, 0) is 4.79 Å². The fraction of sp³-hybridized carbons (Fsp3) is 0.333. The Balaban J connectivity index is 1.56. The number of alkyl halides is 3. The van der Waals surface area contributed by atoms with E-state index in [4.69, 9.17) is 0 Å². The first-order valence-corrected chi connectivity index (χ1v) is 10.6. The summed E-state index contributed by atoms with van der Waals surface area (Å²) in [6.07, 6.45) is -0.633. The van der Waals surface area contributed by atoms with Gasteiger partial charge in [0.05, 0.1) is 0 Å². The molecule has 0 aliphatic heterocycles. The molecule has 10 heteroatoms. The third kappa shape index (κ3) is 5.31. The maximum Gasteiger partial charge on any atom is 0.402 e. The van der Waals surface area contributed by atoms with Crippen molar-refractivity contribution in [2.24, 2.45) is 5.92 Å². The second-order valence-corrected chi connectivity index (χ2v) is 8.69. The predicted molar refractivity (Wildman–Crippen MR) is 118 cm³/mol. The molecule has 164 valence electrons. The van der Waals surface area contributed by atoms with Crippen LogP contribution in [0, 0.1) is 12.8 Å². The molecule has 0 bridgehead atoms. The number of fused-ring (bicyclic) bond motifs is 1. The molecule has 0 radical (unpaired) electrons. The number of benzene rings is 1. The van der Waals surface area contributed by atoms with Crippen molar-refractivity contribution in [2.75, 3.05) is 23.6 Å². The number of carbonyl (C=O) groups excluding carboxylic acids is 1. The number of aromatic amines is 1. The quantitative estimate of drug-likeness (QED) is 0.424. The Morgan fingerprint density at radius 3 is 2.71 bits per heavy atom. The van der Waals surface area contributed by atoms with Crippen molar-refractivity contribution in [2.45, 2.75) is 25.9 Å². The zero-order valence-electron chi connectivity index (χ0n) is 17.0. The Bertz CT molecular complexity index is 1110. The van der Waals surface area contributed by atoms with Crippen LogP contribution in [0.3, 0.4) is 0 Å². The topological polar surface area (TPSA) is 73.0 Å². The number of anilines is 2. The zero-order chi connectivity index (χ0) is 22.2. The van der Waals surface area contributed by atoms with Crippen molar-refractivity contribution < 1.29 is 18.0 Å². The number of rotatable bonds is 7. The van der Waals surface area contributed by atoms with Crippen molar-refractivity contribution in [1.82, 2.24) is 14.3 Å². The van der Waals surface area contributed by atoms with Gasteiger partial charge in [-0.15, -0.1) is 0 Å². The molecule has 3 aromatic rings. The zero-order valence-corrected chi connectivity index (χ0v) is 17.8. The number of nitrogens with one attached hydrogen (secondary N) is 3. The number of hydrogen-bond acceptors (Lipinski definition) is 5. The lowest BCUT2D eigenvalue weighted by Crippen LogP contribution is -2.27. The van der Waals surface area contributed by atoms with E-state index >= 15 is 0 Å². The van der Waals surface area contributed by atoms with Crippen molar-refractivity contribution in [3.05, 3.63) is 42.1 Å². The number of nitrogens with zero attached hydrogens (tertiary/aromatic N) is 2. The van der Waals surface area contributed by atoms with Gasteiger partial charge in [-0.05, 0) is 67.8 Å². The molecule has 0 saturated heterocycles. The summed E-state index contributed by atoms with van der Waals surface area (Å²) < 4.78 is 41.5. The molecule has 3 N–H and O–H groups in total. The van der Waals surface area contributed by atoms with Gasteiger partial charge in [0.25, 0.3) is 0 Å². The van der Waals surface area contributed by atoms with Crippen LogP contribution in [0.4, 0.5) is 24.7 Å². The van der Waals surface area contributed by atoms with Crippen LogP contribution in [-0.4, -0.2) is 39.9 Å². The molecule has 2 heterocycles. The molecule has 0 spiro atoms. The highest BCUT2D eigenvalue weighted by molar-refractivity contribution is 7.98. The highest BCUT2D eigenvalue weighted by atomic mass is 32.2. The average Bonchev–Trinajstić information content (AvgIpc) is 3.43. The van der Waals surface area contributed by atoms with Gasteiger partial charge in [-0.25, -0.2) is 9.29 Å². The number of aromatic nitrogens is 2. The van der Waals surface area contributed by atoms with E-state index in [0.29, 0.717) is 17.2 Å². The summed E-state index contributed by atoms with van der Waals surface area (Å²) in [5.41, 5.74) is 4.19. The molecule has 1 amide bonds. The summed E-state index contributed by atoms with van der Waals surface area (Å²) in [4.78, 5) is 19.8. The van der Waals surface area contributed by atoms with Crippen molar-refractivity contribution in [3.63, 3.8) is 0 Å². The molecule has 1 saturated carbocycles. The van der Waals surface area contributed by atoms with Gasteiger partial charge in [0.1, 0.15) is 18.0 Å². The summed E-state index contributed by atoms with van der Waals surface area (Å²) in [6.45, 7) is 0.922. The smallest absolute Gasteiger partial charge is 0.346 e. The lowest BCUT2D eigenvalue weighted by Gasteiger charge is -2.18. The largest absolute Gasteiger partial charge is 0.402 e. The van der Waals surface area contributed by atoms with Crippen LogP contribution in [0.1, 0.15) is 18.4 Å². The summed E-state index contributed by atoms with van der Waals surface area (Å²) in [6, 6.07) is 9.40. The van der Waals surface area contributed by atoms with Gasteiger partial charge in [-0.2, -0.15) is 13.2 Å². The SMILES string of the molecule is Cc1cc(NSN(C)CC(F)(F)F)ccc1-c1cc(NC(=O)C2CC2)nc2[nH]ccc12. The minimum atomic E-state index is -4.25. The molecule has 1 aromatic carbocycles. The van der Waals surface area contributed by atoms with Crippen LogP contribution < -0.4 is 10.0 Å². The first-order chi connectivity index (χ1) is 14.7. The molecule has 1 aliphatic rings. The Morgan fingerprint density at radius 2 is 2.03 bits per heavy atom. The van der Waals surface area contributed by atoms with E-state index in [1.165, 1.54) is 7.05 Å². The molecule has 6 nitrogen and oxygen atoms in total. The number of pyridine rings is 1. The average molecular weight is 450 g/mol. The summed E-state index contributed by atoms with van der Waals surface area (Å²) in [7, 11) is 1.38. The maximum absolute atomic E-state index is 12.5. The van der Waals surface area contributed by atoms with Crippen molar-refractivity contribution in [3.8, 4) is 11.1 Å². The van der Waals surface area contributed by atoms with Crippen LogP contribution >= 0.6 is 12.1 Å². The molecule has 0 unspecified atom stereocenters. The normalized spacial score (nSPS) is 14.3. The Hall–Kier alpha value is -2.72. The number of aryl methyl sites for hydroxylation is 1. The van der Waals surface area contributed by atoms with Crippen molar-refractivity contribution in [1.29, 1.82) is 0 Å². The standard InChI is InChI=1S/C21H22F3N5OS/c1-12-9-14(28-31-29(2)11-21(22,23)24)5-6-15(12)17-10-18(27-20(30)13-3-4-13)26-19-16(17)7-8-25-19/h5-10,13,28H,3-4,11H2,1-2H3,(H2,25,26,27,30). The Morgan fingerprint density at radius 1 is 1.26 bits per heavy atom. The first-order valence-electron chi connectivity index (χ1n) is 9.80. The molecule has 1 fully saturated rings. The summed E-state index contributed by atoms with van der Waals surface area (Å²) in [5, 5.41) is 3.82. The molecule has 4 rings (SSSR count). The minimum Gasteiger partial charge on any atom is -0.346 e. The van der Waals surface area contributed by atoms with Crippen LogP contribution in [0.5, 0.6) is 0 Å². The fourth-order valence-electron chi connectivity index (χ4n) is 3.34. The monoisotopic (exact) mass is 449 g/mol. The van der Waals surface area contributed by atoms with E-state index in [0.717, 1.165) is 51.4 Å². The second-order valence-electron chi connectivity index (χ2n) is 7.68. The number of amides is 1. The number of hydrogen-bond donors (Lipinski definition) is 3. The molecule has 1 aliphatic carbocycles. The van der Waals surface area contributed by atoms with Gasteiger partial charge >= 0.3 is 6.18 Å². The van der Waals surface area contributed by atoms with Gasteiger partial charge in [0, 0.05) is 35.3 Å². The third-order valence-electron chi connectivity index (χ3n) is 4.97. The minimum absolute atomic E-state index is 0.0133. The highest BCUT2D eigenvalue weighted by Gasteiger charge is 2.30. The summed E-state index contributed by atoms with van der Waals surface area (Å²) in [5.74, 6) is 0.554. The van der Waals surface area contributed by atoms with E-state index in [9.17, 15) is 18.0 Å². The molecular formula is C21H22F3N5OS. The molecule has 0 atom stereocenters. The van der Waals surface area contributed by atoms with Crippen LogP contribution in [0.25, 0.3) is 22.2 Å². The number of halogens is 3. The van der Waals surface area contributed by atoms with E-state index < -0.39 is 12.7 Å². The summed E-state index contributed by atoms with van der Waals surface area (Å²) >= 11 is 0.889. The third-order valence-corrected chi connectivity index (χ3v) is 5.73. The van der Waals surface area contributed by atoms with E-state index in [-0.39, 0.29) is 11.8 Å². The van der Waals surface area contributed by atoms with E-state index in [2.05, 4.69) is 20.0 Å². The maximum atomic E-state index is 12.5. The number of H-pyrrole nitrogens is 1. The van der Waals surface area contributed by atoms with Gasteiger partial charge in [0.2, 0.25) is 5.91 Å². The van der Waals surface area contributed by atoms with E-state index in [1.54, 1.807) is 6.20 Å². The van der Waals surface area contributed by atoms with E-state index in [1.807, 2.05) is 37.3 Å². The Kier molecular flexibility index (Phi) is 5.85. The van der Waals surface area contributed by atoms with Crippen LogP contribution in [0.15, 0.2) is 36.5 Å². The first kappa shape index (κ1) is 21.5. The highest BCUT2D eigenvalue weighted by Crippen LogP contribution is 2.35.